The van der Waals surface area contributed by atoms with Crippen molar-refractivity contribution < 1.29 is 4.52 Å². The Morgan fingerprint density at radius 3 is 2.38 bits per heavy atom. The molecule has 0 N–H and O–H groups in total. The van der Waals surface area contributed by atoms with E-state index in [1.54, 1.807) is 0 Å². The quantitative estimate of drug-likeness (QED) is 0.772. The van der Waals surface area contributed by atoms with Gasteiger partial charge in [-0.1, -0.05) is 27.2 Å². The summed E-state index contributed by atoms with van der Waals surface area (Å²) < 4.78 is 5.20. The maximum Gasteiger partial charge on any atom is 0.147 e. The van der Waals surface area contributed by atoms with Gasteiger partial charge in [0.15, 0.2) is 0 Å². The first-order chi connectivity index (χ1) is 7.61. The molecule has 0 saturated heterocycles. The molecule has 1 aromatic carbocycles. The number of nitrogens with zero attached hydrogens (tertiary/aromatic N) is 1. The summed E-state index contributed by atoms with van der Waals surface area (Å²) in [5, 5.41) is 4.78. The topological polar surface area (TPSA) is 26.0 Å². The van der Waals surface area contributed by atoms with Crippen molar-refractivity contribution in [1.82, 2.24) is 5.16 Å². The van der Waals surface area contributed by atoms with E-state index < -0.39 is 0 Å². The molecule has 0 unspecified atom stereocenters. The molecule has 0 spiro atoms. The van der Waals surface area contributed by atoms with Gasteiger partial charge < -0.3 is 4.52 Å². The largest absolute Gasteiger partial charge is 0.360 e. The molecule has 3 heteroatoms. The summed E-state index contributed by atoms with van der Waals surface area (Å²) in [4.78, 5) is 0. The van der Waals surface area contributed by atoms with Gasteiger partial charge in [-0.15, -0.1) is 0 Å². The molecule has 0 aliphatic rings. The summed E-state index contributed by atoms with van der Waals surface area (Å²) in [5.74, 6) is 0.854. The van der Waals surface area contributed by atoms with Crippen molar-refractivity contribution in [2.45, 2.75) is 26.1 Å². The van der Waals surface area contributed by atoms with Gasteiger partial charge in [-0.25, -0.2) is 0 Å². The maximum absolute atomic E-state index is 5.20. The average molecular weight is 280 g/mol. The number of aromatic nitrogens is 1. The minimum atomic E-state index is 0.698. The molecule has 0 bridgehead atoms. The molecule has 16 heavy (non-hydrogen) atoms. The molecule has 0 radical (unpaired) electrons. The Morgan fingerprint density at radius 1 is 1.06 bits per heavy atom. The minimum absolute atomic E-state index is 0.698. The highest BCUT2D eigenvalue weighted by atomic mass is 79.9. The third-order valence-electron chi connectivity index (χ3n) is 2.81. The molecule has 0 aliphatic heterocycles. The molecular weight excluding hydrogens is 266 g/mol. The van der Waals surface area contributed by atoms with E-state index in [0.29, 0.717) is 5.33 Å². The van der Waals surface area contributed by atoms with Crippen molar-refractivity contribution >= 4 is 15.9 Å². The fourth-order valence-electron chi connectivity index (χ4n) is 1.74. The zero-order chi connectivity index (χ0) is 11.7. The van der Waals surface area contributed by atoms with E-state index in [2.05, 4.69) is 54.0 Å². The van der Waals surface area contributed by atoms with Crippen LogP contribution in [0.2, 0.25) is 0 Å². The van der Waals surface area contributed by atoms with Gasteiger partial charge in [0, 0.05) is 11.6 Å². The van der Waals surface area contributed by atoms with E-state index in [1.165, 1.54) is 16.7 Å². The summed E-state index contributed by atoms with van der Waals surface area (Å²) in [5.41, 5.74) is 5.89. The van der Waals surface area contributed by atoms with Gasteiger partial charge in [0.05, 0.1) is 5.33 Å². The lowest BCUT2D eigenvalue weighted by Crippen LogP contribution is -1.88. The second kappa shape index (κ2) is 4.42. The first kappa shape index (κ1) is 11.4. The van der Waals surface area contributed by atoms with Gasteiger partial charge in [-0.3, -0.25) is 0 Å². The van der Waals surface area contributed by atoms with E-state index in [4.69, 9.17) is 4.52 Å². The zero-order valence-electron chi connectivity index (χ0n) is 9.67. The molecular formula is C13H14BrNO. The molecule has 0 aliphatic carbocycles. The van der Waals surface area contributed by atoms with Crippen LogP contribution in [0.15, 0.2) is 22.7 Å². The van der Waals surface area contributed by atoms with Crippen molar-refractivity contribution in [3.8, 4) is 11.3 Å². The van der Waals surface area contributed by atoms with Crippen molar-refractivity contribution in [2.75, 3.05) is 0 Å². The van der Waals surface area contributed by atoms with Crippen molar-refractivity contribution in [1.29, 1.82) is 0 Å². The summed E-state index contributed by atoms with van der Waals surface area (Å²) in [6.07, 6.45) is 0. The van der Waals surface area contributed by atoms with E-state index in [0.717, 1.165) is 17.0 Å². The van der Waals surface area contributed by atoms with E-state index in [1.807, 2.05) is 6.07 Å². The van der Waals surface area contributed by atoms with Crippen molar-refractivity contribution in [3.63, 3.8) is 0 Å². The Balaban J connectivity index is 2.51. The average Bonchev–Trinajstić information content (AvgIpc) is 2.71. The molecule has 0 saturated carbocycles. The van der Waals surface area contributed by atoms with E-state index in [-0.39, 0.29) is 0 Å². The second-order valence-electron chi connectivity index (χ2n) is 4.06. The highest BCUT2D eigenvalue weighted by Gasteiger charge is 2.09. The molecule has 1 aromatic heterocycles. The SMILES string of the molecule is Cc1cc(C)c(-c2cc(CBr)on2)cc1C. The predicted octanol–water partition coefficient (Wildman–Crippen LogP) is 4.16. The number of hydrogen-bond donors (Lipinski definition) is 0. The fraction of sp³-hybridized carbons (Fsp3) is 0.308. The van der Waals surface area contributed by atoms with Crippen molar-refractivity contribution in [3.05, 3.63) is 40.6 Å². The van der Waals surface area contributed by atoms with E-state index >= 15 is 0 Å². The monoisotopic (exact) mass is 279 g/mol. The highest BCUT2D eigenvalue weighted by Crippen LogP contribution is 2.26. The van der Waals surface area contributed by atoms with Crippen LogP contribution in [0.1, 0.15) is 22.5 Å². The maximum atomic E-state index is 5.20. The molecule has 2 rings (SSSR count). The summed E-state index contributed by atoms with van der Waals surface area (Å²) in [7, 11) is 0. The highest BCUT2D eigenvalue weighted by molar-refractivity contribution is 9.08. The summed E-state index contributed by atoms with van der Waals surface area (Å²) in [6.45, 7) is 6.34. The van der Waals surface area contributed by atoms with Crippen molar-refractivity contribution in [2.24, 2.45) is 0 Å². The summed E-state index contributed by atoms with van der Waals surface area (Å²) in [6, 6.07) is 6.33. The van der Waals surface area contributed by atoms with Gasteiger partial charge in [0.25, 0.3) is 0 Å². The number of benzene rings is 1. The van der Waals surface area contributed by atoms with Gasteiger partial charge in [-0.2, -0.15) is 0 Å². The molecule has 0 atom stereocenters. The predicted molar refractivity (Wildman–Crippen MR) is 68.8 cm³/mol. The molecule has 2 aromatic rings. The first-order valence-electron chi connectivity index (χ1n) is 5.21. The number of rotatable bonds is 2. The second-order valence-corrected chi connectivity index (χ2v) is 4.62. The van der Waals surface area contributed by atoms with Gasteiger partial charge >= 0.3 is 0 Å². The molecule has 0 fully saturated rings. The Labute approximate surface area is 104 Å². The van der Waals surface area contributed by atoms with Crippen LogP contribution >= 0.6 is 15.9 Å². The Bertz CT molecular complexity index is 517. The standard InChI is InChI=1S/C13H14BrNO/c1-8-4-10(3)12(5-9(8)2)13-6-11(7-14)16-15-13/h4-6H,7H2,1-3H3. The van der Waals surface area contributed by atoms with Crippen LogP contribution in [0.25, 0.3) is 11.3 Å². The lowest BCUT2D eigenvalue weighted by Gasteiger charge is -2.06. The summed E-state index contributed by atoms with van der Waals surface area (Å²) >= 11 is 3.35. The zero-order valence-corrected chi connectivity index (χ0v) is 11.3. The van der Waals surface area contributed by atoms with Gasteiger partial charge in [0.1, 0.15) is 11.5 Å². The van der Waals surface area contributed by atoms with Crippen LogP contribution in [0, 0.1) is 20.8 Å². The lowest BCUT2D eigenvalue weighted by atomic mass is 9.99. The van der Waals surface area contributed by atoms with Crippen LogP contribution in [0.3, 0.4) is 0 Å². The molecule has 84 valence electrons. The molecule has 2 nitrogen and oxygen atoms in total. The van der Waals surface area contributed by atoms with Gasteiger partial charge in [0.2, 0.25) is 0 Å². The number of hydrogen-bond acceptors (Lipinski definition) is 2. The van der Waals surface area contributed by atoms with Crippen LogP contribution in [0.4, 0.5) is 0 Å². The smallest absolute Gasteiger partial charge is 0.147 e. The third-order valence-corrected chi connectivity index (χ3v) is 3.36. The molecule has 1 heterocycles. The fourth-order valence-corrected chi connectivity index (χ4v) is 2.00. The first-order valence-corrected chi connectivity index (χ1v) is 6.33. The van der Waals surface area contributed by atoms with Crippen LogP contribution in [-0.4, -0.2) is 5.16 Å². The van der Waals surface area contributed by atoms with Crippen LogP contribution in [-0.2, 0) is 5.33 Å². The Morgan fingerprint density at radius 2 is 1.75 bits per heavy atom. The third kappa shape index (κ3) is 2.05. The van der Waals surface area contributed by atoms with Gasteiger partial charge in [-0.05, 0) is 43.5 Å². The number of alkyl halides is 1. The van der Waals surface area contributed by atoms with E-state index in [9.17, 15) is 0 Å². The molecule has 0 amide bonds. The number of halogens is 1. The normalized spacial score (nSPS) is 10.8. The Hall–Kier alpha value is -1.09. The van der Waals surface area contributed by atoms with Crippen LogP contribution in [0.5, 0.6) is 0 Å². The van der Waals surface area contributed by atoms with Crippen LogP contribution < -0.4 is 0 Å². The lowest BCUT2D eigenvalue weighted by molar-refractivity contribution is 0.398. The Kier molecular flexibility index (Phi) is 3.15. The minimum Gasteiger partial charge on any atom is -0.360 e. The number of aryl methyl sites for hydroxylation is 3.